The summed E-state index contributed by atoms with van der Waals surface area (Å²) in [6.07, 6.45) is -0.305. The van der Waals surface area contributed by atoms with Gasteiger partial charge in [0.2, 0.25) is 5.91 Å². The minimum absolute atomic E-state index is 0.186. The van der Waals surface area contributed by atoms with Crippen molar-refractivity contribution in [2.24, 2.45) is 0 Å². The van der Waals surface area contributed by atoms with E-state index in [1.54, 1.807) is 12.1 Å². The monoisotopic (exact) mass is 246 g/mol. The predicted octanol–water partition coefficient (Wildman–Crippen LogP) is 0.523. The molecule has 0 spiro atoms. The molecule has 0 radical (unpaired) electrons. The number of hydrogen-bond acceptors (Lipinski definition) is 3. The number of hydrogen-bond donors (Lipinski definition) is 2. The summed E-state index contributed by atoms with van der Waals surface area (Å²) in [6, 6.07) is 4.82. The lowest BCUT2D eigenvalue weighted by Gasteiger charge is -2.19. The molecule has 5 nitrogen and oxygen atoms in total. The molecule has 2 heterocycles. The molecule has 0 aliphatic carbocycles. The Bertz CT molecular complexity index is 541. The molecule has 2 amide bonds. The zero-order valence-electron chi connectivity index (χ0n) is 10.0. The summed E-state index contributed by atoms with van der Waals surface area (Å²) in [5.41, 5.74) is 2.02. The molecular formula is C13H14N2O3. The van der Waals surface area contributed by atoms with Gasteiger partial charge in [0.25, 0.3) is 5.91 Å². The van der Waals surface area contributed by atoms with Crippen LogP contribution in [0.5, 0.6) is 0 Å². The van der Waals surface area contributed by atoms with E-state index in [0.717, 1.165) is 5.56 Å². The van der Waals surface area contributed by atoms with E-state index in [2.05, 4.69) is 5.32 Å². The quantitative estimate of drug-likeness (QED) is 0.701. The first-order chi connectivity index (χ1) is 8.56. The Morgan fingerprint density at radius 2 is 2.17 bits per heavy atom. The molecule has 1 aromatic carbocycles. The molecule has 0 unspecified atom stereocenters. The van der Waals surface area contributed by atoms with Gasteiger partial charge in [-0.2, -0.15) is 0 Å². The van der Waals surface area contributed by atoms with E-state index in [1.165, 1.54) is 4.90 Å². The second kappa shape index (κ2) is 3.81. The third-order valence-electron chi connectivity index (χ3n) is 3.51. The van der Waals surface area contributed by atoms with Gasteiger partial charge >= 0.3 is 0 Å². The highest BCUT2D eigenvalue weighted by Crippen LogP contribution is 2.29. The summed E-state index contributed by atoms with van der Waals surface area (Å²) >= 11 is 0. The fourth-order valence-electron chi connectivity index (χ4n) is 2.60. The molecule has 2 atom stereocenters. The van der Waals surface area contributed by atoms with E-state index < -0.39 is 12.1 Å². The Labute approximate surface area is 104 Å². The largest absolute Gasteiger partial charge is 0.391 e. The molecule has 1 aromatic rings. The van der Waals surface area contributed by atoms with Gasteiger partial charge in [-0.1, -0.05) is 11.6 Å². The molecule has 0 bridgehead atoms. The number of carbonyl (C=O) groups is 2. The highest BCUT2D eigenvalue weighted by Gasteiger charge is 2.42. The standard InChI is InChI=1S/C13H14N2O3/c1-7-2-3-10-9(4-7)13(18)15-6-8(16)5-11(15)12(17)14-10/h2-4,8,11,16H,5-6H2,1H3,(H,14,17)/t8-,11+/m1/s1. The fraction of sp³-hybridized carbons (Fsp3) is 0.385. The van der Waals surface area contributed by atoms with Crippen molar-refractivity contribution >= 4 is 17.5 Å². The van der Waals surface area contributed by atoms with Gasteiger partial charge < -0.3 is 15.3 Å². The minimum Gasteiger partial charge on any atom is -0.391 e. The molecule has 0 saturated carbocycles. The summed E-state index contributed by atoms with van der Waals surface area (Å²) < 4.78 is 0. The lowest BCUT2D eigenvalue weighted by Crippen LogP contribution is -2.40. The number of benzene rings is 1. The van der Waals surface area contributed by atoms with Crippen LogP contribution in [-0.4, -0.2) is 40.5 Å². The number of nitrogens with one attached hydrogen (secondary N) is 1. The lowest BCUT2D eigenvalue weighted by molar-refractivity contribution is -0.119. The van der Waals surface area contributed by atoms with Crippen LogP contribution in [0.4, 0.5) is 5.69 Å². The third kappa shape index (κ3) is 1.59. The topological polar surface area (TPSA) is 69.6 Å². The van der Waals surface area contributed by atoms with Crippen LogP contribution in [-0.2, 0) is 4.79 Å². The lowest BCUT2D eigenvalue weighted by atomic mass is 10.1. The molecule has 2 aliphatic rings. The van der Waals surface area contributed by atoms with Gasteiger partial charge in [-0.05, 0) is 19.1 Å². The molecule has 3 rings (SSSR count). The smallest absolute Gasteiger partial charge is 0.256 e. The van der Waals surface area contributed by atoms with Crippen molar-refractivity contribution in [2.45, 2.75) is 25.5 Å². The van der Waals surface area contributed by atoms with E-state index in [-0.39, 0.29) is 18.4 Å². The van der Waals surface area contributed by atoms with Crippen LogP contribution < -0.4 is 5.32 Å². The number of rotatable bonds is 0. The Balaban J connectivity index is 2.09. The highest BCUT2D eigenvalue weighted by atomic mass is 16.3. The van der Waals surface area contributed by atoms with Crippen LogP contribution in [0.3, 0.4) is 0 Å². The normalized spacial score (nSPS) is 26.4. The second-order valence-corrected chi connectivity index (χ2v) is 4.90. The average molecular weight is 246 g/mol. The van der Waals surface area contributed by atoms with Crippen LogP contribution in [0.2, 0.25) is 0 Å². The van der Waals surface area contributed by atoms with Gasteiger partial charge in [-0.25, -0.2) is 0 Å². The van der Waals surface area contributed by atoms with Crippen molar-refractivity contribution in [3.05, 3.63) is 29.3 Å². The molecule has 94 valence electrons. The van der Waals surface area contributed by atoms with Gasteiger partial charge in [-0.15, -0.1) is 0 Å². The van der Waals surface area contributed by atoms with Crippen LogP contribution in [0, 0.1) is 6.92 Å². The summed E-state index contributed by atoms with van der Waals surface area (Å²) in [5, 5.41) is 12.4. The number of carbonyl (C=O) groups excluding carboxylic acids is 2. The van der Waals surface area contributed by atoms with Crippen molar-refractivity contribution in [1.29, 1.82) is 0 Å². The van der Waals surface area contributed by atoms with Gasteiger partial charge in [0.05, 0.1) is 17.4 Å². The van der Waals surface area contributed by atoms with Crippen molar-refractivity contribution in [1.82, 2.24) is 4.90 Å². The van der Waals surface area contributed by atoms with Crippen LogP contribution in [0.15, 0.2) is 18.2 Å². The Morgan fingerprint density at radius 3 is 2.94 bits per heavy atom. The molecule has 1 fully saturated rings. The Morgan fingerprint density at radius 1 is 1.39 bits per heavy atom. The van der Waals surface area contributed by atoms with Crippen LogP contribution in [0.25, 0.3) is 0 Å². The van der Waals surface area contributed by atoms with Gasteiger partial charge in [0.15, 0.2) is 0 Å². The Kier molecular flexibility index (Phi) is 2.38. The summed E-state index contributed by atoms with van der Waals surface area (Å²) in [7, 11) is 0. The number of anilines is 1. The maximum Gasteiger partial charge on any atom is 0.256 e. The van der Waals surface area contributed by atoms with E-state index in [0.29, 0.717) is 17.7 Å². The van der Waals surface area contributed by atoms with Crippen molar-refractivity contribution < 1.29 is 14.7 Å². The molecule has 0 aromatic heterocycles. The molecule has 1 saturated heterocycles. The van der Waals surface area contributed by atoms with E-state index in [4.69, 9.17) is 0 Å². The summed E-state index contributed by atoms with van der Waals surface area (Å²) in [6.45, 7) is 2.13. The molecule has 5 heteroatoms. The first-order valence-electron chi connectivity index (χ1n) is 5.97. The third-order valence-corrected chi connectivity index (χ3v) is 3.51. The number of aliphatic hydroxyl groups excluding tert-OH is 1. The molecular weight excluding hydrogens is 232 g/mol. The van der Waals surface area contributed by atoms with Gasteiger partial charge in [0.1, 0.15) is 6.04 Å². The number of aliphatic hydroxyl groups is 1. The molecule has 2 N–H and O–H groups in total. The number of aryl methyl sites for hydroxylation is 1. The van der Waals surface area contributed by atoms with Crippen LogP contribution in [0.1, 0.15) is 22.3 Å². The highest BCUT2D eigenvalue weighted by molar-refractivity contribution is 6.10. The zero-order valence-corrected chi connectivity index (χ0v) is 10.0. The fourth-order valence-corrected chi connectivity index (χ4v) is 2.60. The van der Waals surface area contributed by atoms with Crippen molar-refractivity contribution in [3.63, 3.8) is 0 Å². The first-order valence-corrected chi connectivity index (χ1v) is 5.97. The predicted molar refractivity (Wildman–Crippen MR) is 65.3 cm³/mol. The van der Waals surface area contributed by atoms with E-state index >= 15 is 0 Å². The maximum atomic E-state index is 12.4. The summed E-state index contributed by atoms with van der Waals surface area (Å²) in [4.78, 5) is 25.9. The molecule has 2 aliphatic heterocycles. The van der Waals surface area contributed by atoms with Crippen molar-refractivity contribution in [3.8, 4) is 0 Å². The van der Waals surface area contributed by atoms with Crippen LogP contribution >= 0.6 is 0 Å². The zero-order chi connectivity index (χ0) is 12.9. The first kappa shape index (κ1) is 11.2. The Hall–Kier alpha value is -1.88. The molecule has 18 heavy (non-hydrogen) atoms. The summed E-state index contributed by atoms with van der Waals surface area (Å²) in [5.74, 6) is -0.406. The minimum atomic E-state index is -0.615. The van der Waals surface area contributed by atoms with E-state index in [1.807, 2.05) is 13.0 Å². The van der Waals surface area contributed by atoms with Gasteiger partial charge in [-0.3, -0.25) is 9.59 Å². The number of nitrogens with zero attached hydrogens (tertiary/aromatic N) is 1. The second-order valence-electron chi connectivity index (χ2n) is 4.90. The SMILES string of the molecule is Cc1ccc2c(c1)C(=O)N1C[C@H](O)C[C@H]1C(=O)N2. The average Bonchev–Trinajstić information content (AvgIpc) is 2.69. The van der Waals surface area contributed by atoms with E-state index in [9.17, 15) is 14.7 Å². The van der Waals surface area contributed by atoms with Gasteiger partial charge in [0, 0.05) is 13.0 Å². The number of amides is 2. The van der Waals surface area contributed by atoms with Crippen molar-refractivity contribution in [2.75, 3.05) is 11.9 Å². The maximum absolute atomic E-state index is 12.4. The number of fused-ring (bicyclic) bond motifs is 2.